The third kappa shape index (κ3) is 8.24. The summed E-state index contributed by atoms with van der Waals surface area (Å²) < 4.78 is 55.9. The van der Waals surface area contributed by atoms with Gasteiger partial charge in [0.05, 0.1) is 4.92 Å². The molecule has 0 radical (unpaired) electrons. The van der Waals surface area contributed by atoms with Gasteiger partial charge in [0.15, 0.2) is 0 Å². The van der Waals surface area contributed by atoms with Crippen LogP contribution in [0.15, 0.2) is 54.7 Å². The first-order chi connectivity index (χ1) is 18.7. The van der Waals surface area contributed by atoms with Crippen LogP contribution in [0.5, 0.6) is 5.75 Å². The summed E-state index contributed by atoms with van der Waals surface area (Å²) in [6, 6.07) is 12.5. The number of nitro groups is 1. The molecule has 1 aliphatic carbocycles. The largest absolute Gasteiger partial charge is 0.573 e. The van der Waals surface area contributed by atoms with E-state index in [4.69, 9.17) is 0 Å². The number of para-hydroxylation sites is 1. The number of alkyl halides is 3. The third-order valence-electron chi connectivity index (χ3n) is 6.55. The van der Waals surface area contributed by atoms with Crippen molar-refractivity contribution in [3.8, 4) is 5.75 Å². The van der Waals surface area contributed by atoms with Gasteiger partial charge < -0.3 is 20.7 Å². The summed E-state index contributed by atoms with van der Waals surface area (Å²) >= 11 is 0. The van der Waals surface area contributed by atoms with Crippen molar-refractivity contribution in [3.63, 3.8) is 0 Å². The number of hydrogen-bond acceptors (Lipinski definition) is 8. The van der Waals surface area contributed by atoms with Crippen LogP contribution in [0.25, 0.3) is 0 Å². The molecule has 1 saturated carbocycles. The van der Waals surface area contributed by atoms with Gasteiger partial charge in [-0.25, -0.2) is 9.37 Å². The van der Waals surface area contributed by atoms with Crippen LogP contribution in [0, 0.1) is 21.8 Å². The topological polar surface area (TPSA) is 114 Å². The van der Waals surface area contributed by atoms with E-state index in [2.05, 4.69) is 30.7 Å². The lowest BCUT2D eigenvalue weighted by Crippen LogP contribution is -2.34. The molecule has 39 heavy (non-hydrogen) atoms. The van der Waals surface area contributed by atoms with Crippen molar-refractivity contribution in [2.24, 2.45) is 5.92 Å². The van der Waals surface area contributed by atoms with Crippen LogP contribution in [0.3, 0.4) is 0 Å². The summed E-state index contributed by atoms with van der Waals surface area (Å²) in [5.74, 6) is -0.296. The number of ether oxygens (including phenoxy) is 1. The fourth-order valence-corrected chi connectivity index (χ4v) is 4.48. The normalized spacial score (nSPS) is 17.4. The number of rotatable bonds is 11. The van der Waals surface area contributed by atoms with Crippen molar-refractivity contribution in [1.82, 2.24) is 15.3 Å². The van der Waals surface area contributed by atoms with E-state index in [1.165, 1.54) is 24.3 Å². The fraction of sp³-hybridized carbons (Fsp3) is 0.385. The SMILES string of the molecule is O=[N+]([O-])c1cnc(NCc2ccccc2OC(F)(F)F)nc1NCC1CCC(NCc2ccccc2F)CC1. The number of halogens is 4. The number of benzene rings is 2. The first kappa shape index (κ1) is 28.0. The van der Waals surface area contributed by atoms with Crippen molar-refractivity contribution in [3.05, 3.63) is 81.8 Å². The molecule has 1 fully saturated rings. The summed E-state index contributed by atoms with van der Waals surface area (Å²) in [7, 11) is 0. The highest BCUT2D eigenvalue weighted by Gasteiger charge is 2.32. The Labute approximate surface area is 222 Å². The van der Waals surface area contributed by atoms with Crippen molar-refractivity contribution in [2.75, 3.05) is 17.2 Å². The van der Waals surface area contributed by atoms with E-state index in [0.717, 1.165) is 31.9 Å². The second-order valence-electron chi connectivity index (χ2n) is 9.26. The third-order valence-corrected chi connectivity index (χ3v) is 6.55. The standard InChI is InChI=1S/C26H28F4N6O3/c27-21-7-3-1-5-18(21)14-31-20-11-9-17(10-12-20)13-32-24-22(36(37)38)16-34-25(35-24)33-15-19-6-2-4-8-23(19)39-26(28,29)30/h1-8,16-17,20,31H,9-15H2,(H2,32,33,34,35). The first-order valence-electron chi connectivity index (χ1n) is 12.5. The monoisotopic (exact) mass is 548 g/mol. The Morgan fingerprint density at radius 1 is 0.974 bits per heavy atom. The van der Waals surface area contributed by atoms with Crippen LogP contribution >= 0.6 is 0 Å². The maximum atomic E-state index is 13.8. The van der Waals surface area contributed by atoms with E-state index in [1.54, 1.807) is 24.3 Å². The molecule has 9 nitrogen and oxygen atoms in total. The van der Waals surface area contributed by atoms with Gasteiger partial charge in [-0.1, -0.05) is 36.4 Å². The average Bonchev–Trinajstić information content (AvgIpc) is 2.90. The van der Waals surface area contributed by atoms with E-state index >= 15 is 0 Å². The lowest BCUT2D eigenvalue weighted by atomic mass is 9.86. The molecule has 4 rings (SSSR count). The van der Waals surface area contributed by atoms with Crippen LogP contribution < -0.4 is 20.7 Å². The number of aromatic nitrogens is 2. The van der Waals surface area contributed by atoms with Gasteiger partial charge in [0.25, 0.3) is 0 Å². The molecule has 208 valence electrons. The molecule has 1 aliphatic rings. The fourth-order valence-electron chi connectivity index (χ4n) is 4.48. The highest BCUT2D eigenvalue weighted by atomic mass is 19.4. The van der Waals surface area contributed by atoms with Crippen LogP contribution in [0.4, 0.5) is 35.0 Å². The van der Waals surface area contributed by atoms with Gasteiger partial charge in [-0.2, -0.15) is 4.98 Å². The van der Waals surface area contributed by atoms with E-state index in [0.29, 0.717) is 18.7 Å². The van der Waals surface area contributed by atoms with Gasteiger partial charge >= 0.3 is 12.0 Å². The second-order valence-corrected chi connectivity index (χ2v) is 9.26. The second kappa shape index (κ2) is 12.7. The van der Waals surface area contributed by atoms with Crippen LogP contribution in [-0.4, -0.2) is 33.8 Å². The van der Waals surface area contributed by atoms with Gasteiger partial charge in [-0.15, -0.1) is 13.2 Å². The molecule has 2 aromatic carbocycles. The van der Waals surface area contributed by atoms with Crippen molar-refractivity contribution >= 4 is 17.5 Å². The minimum Gasteiger partial charge on any atom is -0.405 e. The van der Waals surface area contributed by atoms with E-state index in [-0.39, 0.29) is 53.1 Å². The average molecular weight is 549 g/mol. The molecule has 0 saturated heterocycles. The summed E-state index contributed by atoms with van der Waals surface area (Å²) in [6.07, 6.45) is -0.257. The molecule has 13 heteroatoms. The summed E-state index contributed by atoms with van der Waals surface area (Å²) in [6.45, 7) is 0.822. The molecule has 1 heterocycles. The molecular formula is C26H28F4N6O3. The smallest absolute Gasteiger partial charge is 0.405 e. The van der Waals surface area contributed by atoms with Crippen molar-refractivity contribution < 1.29 is 27.2 Å². The molecular weight excluding hydrogens is 520 g/mol. The lowest BCUT2D eigenvalue weighted by molar-refractivity contribution is -0.384. The van der Waals surface area contributed by atoms with Crippen molar-refractivity contribution in [1.29, 1.82) is 0 Å². The van der Waals surface area contributed by atoms with Gasteiger partial charge in [0.2, 0.25) is 11.8 Å². The van der Waals surface area contributed by atoms with Gasteiger partial charge in [0.1, 0.15) is 17.8 Å². The Balaban J connectivity index is 1.31. The van der Waals surface area contributed by atoms with Crippen LogP contribution in [0.1, 0.15) is 36.8 Å². The Kier molecular flexibility index (Phi) is 9.12. The molecule has 0 spiro atoms. The predicted molar refractivity (Wildman–Crippen MR) is 137 cm³/mol. The maximum Gasteiger partial charge on any atom is 0.573 e. The molecule has 1 aromatic heterocycles. The summed E-state index contributed by atoms with van der Waals surface area (Å²) in [5, 5.41) is 20.8. The molecule has 0 aliphatic heterocycles. The van der Waals surface area contributed by atoms with Gasteiger partial charge in [0, 0.05) is 36.8 Å². The predicted octanol–water partition coefficient (Wildman–Crippen LogP) is 5.80. The molecule has 3 aromatic rings. The molecule has 0 bridgehead atoms. The van der Waals surface area contributed by atoms with E-state index < -0.39 is 11.3 Å². The zero-order valence-corrected chi connectivity index (χ0v) is 20.9. The highest BCUT2D eigenvalue weighted by molar-refractivity contribution is 5.57. The van der Waals surface area contributed by atoms with Gasteiger partial charge in [-0.3, -0.25) is 10.1 Å². The van der Waals surface area contributed by atoms with E-state index in [1.807, 2.05) is 0 Å². The first-order valence-corrected chi connectivity index (χ1v) is 12.5. The number of nitrogens with one attached hydrogen (secondary N) is 3. The number of hydrogen-bond donors (Lipinski definition) is 3. The Bertz CT molecular complexity index is 1270. The minimum absolute atomic E-state index is 0.0194. The van der Waals surface area contributed by atoms with E-state index in [9.17, 15) is 27.7 Å². The Morgan fingerprint density at radius 2 is 1.67 bits per heavy atom. The summed E-state index contributed by atoms with van der Waals surface area (Å²) in [4.78, 5) is 19.0. The van der Waals surface area contributed by atoms with Gasteiger partial charge in [-0.05, 0) is 43.7 Å². The van der Waals surface area contributed by atoms with Crippen LogP contribution in [-0.2, 0) is 13.1 Å². The lowest BCUT2D eigenvalue weighted by Gasteiger charge is -2.29. The molecule has 0 unspecified atom stereocenters. The van der Waals surface area contributed by atoms with Crippen molar-refractivity contribution in [2.45, 2.75) is 51.2 Å². The molecule has 3 N–H and O–H groups in total. The molecule has 0 amide bonds. The quantitative estimate of drug-likeness (QED) is 0.157. The minimum atomic E-state index is -4.84. The molecule has 0 atom stereocenters. The zero-order chi connectivity index (χ0) is 27.8. The number of nitrogens with zero attached hydrogens (tertiary/aromatic N) is 3. The summed E-state index contributed by atoms with van der Waals surface area (Å²) in [5.41, 5.74) is 0.534. The van der Waals surface area contributed by atoms with Crippen LogP contribution in [0.2, 0.25) is 0 Å². The Hall–Kier alpha value is -4.00. The highest BCUT2D eigenvalue weighted by Crippen LogP contribution is 2.29. The zero-order valence-electron chi connectivity index (χ0n) is 20.9. The maximum absolute atomic E-state index is 13.8. The number of anilines is 2. The Morgan fingerprint density at radius 3 is 2.36 bits per heavy atom.